The summed E-state index contributed by atoms with van der Waals surface area (Å²) in [6.45, 7) is 5.15. The highest BCUT2D eigenvalue weighted by atomic mass is 35.5. The number of hydrogen-bond donors (Lipinski definition) is 1. The number of carbonyl (C=O) groups excluding carboxylic acids is 1. The molecule has 27 heavy (non-hydrogen) atoms. The highest BCUT2D eigenvalue weighted by Gasteiger charge is 2.36. The minimum Gasteiger partial charge on any atom is -0.338 e. The smallest absolute Gasteiger partial charge is 0.294 e. The Morgan fingerprint density at radius 3 is 2.63 bits per heavy atom. The largest absolute Gasteiger partial charge is 0.338 e. The normalized spacial score (nSPS) is 18.2. The van der Waals surface area contributed by atoms with Gasteiger partial charge in [-0.15, -0.1) is 24.8 Å². The van der Waals surface area contributed by atoms with Gasteiger partial charge in [-0.1, -0.05) is 13.8 Å². The Hall–Kier alpha value is -2.16. The average Bonchev–Trinajstić information content (AvgIpc) is 3.10. The van der Waals surface area contributed by atoms with Crippen molar-refractivity contribution in [2.45, 2.75) is 26.3 Å². The zero-order valence-electron chi connectivity index (χ0n) is 15.1. The number of nitro benzene ring substituents is 1. The number of nitrogens with two attached hydrogens (primary N) is 1. The summed E-state index contributed by atoms with van der Waals surface area (Å²) in [5, 5.41) is 11.4. The van der Waals surface area contributed by atoms with E-state index in [2.05, 4.69) is 4.98 Å². The maximum Gasteiger partial charge on any atom is 0.294 e. The number of amides is 1. The summed E-state index contributed by atoms with van der Waals surface area (Å²) in [6.07, 6.45) is 5.37. The molecule has 1 amide bonds. The quantitative estimate of drug-likeness (QED) is 0.612. The first-order valence-electron chi connectivity index (χ1n) is 8.11. The number of benzene rings is 1. The van der Waals surface area contributed by atoms with E-state index in [1.54, 1.807) is 34.0 Å². The Kier molecular flexibility index (Phi) is 7.36. The van der Waals surface area contributed by atoms with E-state index < -0.39 is 4.92 Å². The van der Waals surface area contributed by atoms with Gasteiger partial charge < -0.3 is 15.2 Å². The Morgan fingerprint density at radius 1 is 1.37 bits per heavy atom. The zero-order valence-corrected chi connectivity index (χ0v) is 16.7. The number of nitrogens with zero attached hydrogens (tertiary/aromatic N) is 4. The van der Waals surface area contributed by atoms with Crippen LogP contribution >= 0.6 is 24.8 Å². The average molecular weight is 416 g/mol. The first-order valence-corrected chi connectivity index (χ1v) is 8.11. The maximum atomic E-state index is 12.8. The number of imidazole rings is 1. The molecule has 3 rings (SSSR count). The molecule has 0 saturated carbocycles. The molecule has 8 nitrogen and oxygen atoms in total. The fourth-order valence-electron chi connectivity index (χ4n) is 3.15. The van der Waals surface area contributed by atoms with Crippen molar-refractivity contribution < 1.29 is 9.72 Å². The summed E-state index contributed by atoms with van der Waals surface area (Å²) in [4.78, 5) is 29.4. The Bertz CT molecular complexity index is 811. The lowest BCUT2D eigenvalue weighted by atomic mass is 9.79. The Labute approximate surface area is 169 Å². The second kappa shape index (κ2) is 8.69. The van der Waals surface area contributed by atoms with E-state index in [0.29, 0.717) is 30.8 Å². The number of rotatable bonds is 3. The highest BCUT2D eigenvalue weighted by molar-refractivity contribution is 5.95. The van der Waals surface area contributed by atoms with Crippen molar-refractivity contribution in [1.29, 1.82) is 0 Å². The second-order valence-corrected chi connectivity index (χ2v) is 7.04. The molecule has 1 aromatic heterocycles. The number of nitro groups is 1. The van der Waals surface area contributed by atoms with Gasteiger partial charge in [0.2, 0.25) is 0 Å². The molecule has 1 saturated heterocycles. The van der Waals surface area contributed by atoms with Gasteiger partial charge in [0.05, 0.1) is 11.3 Å². The van der Waals surface area contributed by atoms with Gasteiger partial charge in [-0.3, -0.25) is 14.9 Å². The zero-order chi connectivity index (χ0) is 18.2. The molecular formula is C17H23Cl2N5O3. The van der Waals surface area contributed by atoms with E-state index >= 15 is 0 Å². The van der Waals surface area contributed by atoms with Crippen LogP contribution in [0.2, 0.25) is 0 Å². The summed E-state index contributed by atoms with van der Waals surface area (Å²) >= 11 is 0. The topological polar surface area (TPSA) is 107 Å². The van der Waals surface area contributed by atoms with Gasteiger partial charge in [0, 0.05) is 43.2 Å². The molecule has 148 valence electrons. The summed E-state index contributed by atoms with van der Waals surface area (Å²) in [5.41, 5.74) is 6.49. The maximum absolute atomic E-state index is 12.8. The van der Waals surface area contributed by atoms with Gasteiger partial charge in [-0.2, -0.15) is 0 Å². The number of hydrogen-bond acceptors (Lipinski definition) is 5. The van der Waals surface area contributed by atoms with Crippen LogP contribution in [-0.4, -0.2) is 44.4 Å². The molecule has 2 N–H and O–H groups in total. The fraction of sp³-hybridized carbons (Fsp3) is 0.412. The summed E-state index contributed by atoms with van der Waals surface area (Å²) in [7, 11) is 0. The van der Waals surface area contributed by atoms with Crippen molar-refractivity contribution >= 4 is 36.4 Å². The third-order valence-corrected chi connectivity index (χ3v) is 4.80. The van der Waals surface area contributed by atoms with Crippen molar-refractivity contribution in [2.24, 2.45) is 11.1 Å². The van der Waals surface area contributed by atoms with Crippen molar-refractivity contribution in [1.82, 2.24) is 14.5 Å². The van der Waals surface area contributed by atoms with E-state index in [0.717, 1.165) is 0 Å². The monoisotopic (exact) mass is 415 g/mol. The van der Waals surface area contributed by atoms with Crippen LogP contribution in [0.15, 0.2) is 36.9 Å². The SMILES string of the molecule is CC1(C)CN(C(=O)c2ccc(-n3ccnc3)c([N+](=O)[O-])c2)CCC1N.Cl.Cl. The van der Waals surface area contributed by atoms with E-state index in [1.807, 2.05) is 13.8 Å². The number of likely N-dealkylation sites (tertiary alicyclic amines) is 1. The van der Waals surface area contributed by atoms with Crippen molar-refractivity contribution in [2.75, 3.05) is 13.1 Å². The van der Waals surface area contributed by atoms with Gasteiger partial charge in [0.1, 0.15) is 5.69 Å². The van der Waals surface area contributed by atoms with E-state index in [9.17, 15) is 14.9 Å². The van der Waals surface area contributed by atoms with Crippen LogP contribution in [0.4, 0.5) is 5.69 Å². The molecule has 2 aromatic rings. The fourth-order valence-corrected chi connectivity index (χ4v) is 3.15. The Morgan fingerprint density at radius 2 is 2.07 bits per heavy atom. The van der Waals surface area contributed by atoms with Crippen LogP contribution in [0.3, 0.4) is 0 Å². The molecule has 0 bridgehead atoms. The predicted molar refractivity (Wildman–Crippen MR) is 107 cm³/mol. The standard InChI is InChI=1S/C17H21N5O3.2ClH/c1-17(2)10-20(7-5-15(17)18)16(23)12-3-4-13(14(9-12)22(24)25)21-8-6-19-11-21;;/h3-4,6,8-9,11,15H,5,7,10,18H2,1-2H3;2*1H. The number of halogens is 2. The molecule has 10 heteroatoms. The lowest BCUT2D eigenvalue weighted by molar-refractivity contribution is -0.384. The predicted octanol–water partition coefficient (Wildman–Crippen LogP) is 2.82. The number of piperidine rings is 1. The summed E-state index contributed by atoms with van der Waals surface area (Å²) in [5.74, 6) is -0.208. The molecule has 1 fully saturated rings. The van der Waals surface area contributed by atoms with Crippen molar-refractivity contribution in [3.05, 3.63) is 52.6 Å². The molecule has 0 radical (unpaired) electrons. The van der Waals surface area contributed by atoms with Gasteiger partial charge in [-0.25, -0.2) is 4.98 Å². The molecule has 1 aromatic carbocycles. The van der Waals surface area contributed by atoms with Crippen LogP contribution in [0.5, 0.6) is 0 Å². The first kappa shape index (κ1) is 22.9. The van der Waals surface area contributed by atoms with Crippen LogP contribution in [0.25, 0.3) is 5.69 Å². The lowest BCUT2D eigenvalue weighted by Gasteiger charge is -2.42. The van der Waals surface area contributed by atoms with Crippen LogP contribution in [-0.2, 0) is 0 Å². The minimum atomic E-state index is -0.484. The van der Waals surface area contributed by atoms with Crippen LogP contribution in [0, 0.1) is 15.5 Å². The summed E-state index contributed by atoms with van der Waals surface area (Å²) in [6, 6.07) is 4.56. The van der Waals surface area contributed by atoms with Crippen LogP contribution in [0.1, 0.15) is 30.6 Å². The molecular weight excluding hydrogens is 393 g/mol. The first-order chi connectivity index (χ1) is 11.8. The summed E-state index contributed by atoms with van der Waals surface area (Å²) < 4.78 is 1.55. The lowest BCUT2D eigenvalue weighted by Crippen LogP contribution is -2.54. The third kappa shape index (κ3) is 4.58. The van der Waals surface area contributed by atoms with E-state index in [-0.39, 0.29) is 47.9 Å². The second-order valence-electron chi connectivity index (χ2n) is 7.04. The molecule has 1 aliphatic heterocycles. The molecule has 1 aliphatic rings. The van der Waals surface area contributed by atoms with Crippen molar-refractivity contribution in [3.63, 3.8) is 0 Å². The van der Waals surface area contributed by atoms with Gasteiger partial charge >= 0.3 is 0 Å². The Balaban J connectivity index is 0.00000182. The molecule has 0 spiro atoms. The highest BCUT2D eigenvalue weighted by Crippen LogP contribution is 2.30. The molecule has 1 atom stereocenters. The third-order valence-electron chi connectivity index (χ3n) is 4.80. The van der Waals surface area contributed by atoms with E-state index in [4.69, 9.17) is 5.73 Å². The van der Waals surface area contributed by atoms with Crippen LogP contribution < -0.4 is 5.73 Å². The van der Waals surface area contributed by atoms with Gasteiger partial charge in [0.25, 0.3) is 11.6 Å². The molecule has 0 aliphatic carbocycles. The number of aromatic nitrogens is 2. The van der Waals surface area contributed by atoms with Gasteiger partial charge in [-0.05, 0) is 24.0 Å². The van der Waals surface area contributed by atoms with Crippen molar-refractivity contribution in [3.8, 4) is 5.69 Å². The van der Waals surface area contributed by atoms with E-state index in [1.165, 1.54) is 12.4 Å². The molecule has 2 heterocycles. The van der Waals surface area contributed by atoms with Gasteiger partial charge in [0.15, 0.2) is 0 Å². The molecule has 1 unspecified atom stereocenters. The number of carbonyl (C=O) groups is 1. The minimum absolute atomic E-state index is 0.